The number of hydrogen-bond acceptors (Lipinski definition) is 5. The van der Waals surface area contributed by atoms with Crippen LogP contribution in [0.15, 0.2) is 6.20 Å². The highest BCUT2D eigenvalue weighted by Crippen LogP contribution is 2.14. The Hall–Kier alpha value is -1.43. The van der Waals surface area contributed by atoms with Crippen LogP contribution in [0.5, 0.6) is 0 Å². The van der Waals surface area contributed by atoms with E-state index in [1.165, 1.54) is 0 Å². The summed E-state index contributed by atoms with van der Waals surface area (Å²) in [7, 11) is 0. The van der Waals surface area contributed by atoms with Crippen molar-refractivity contribution >= 4 is 11.8 Å². The van der Waals surface area contributed by atoms with Crippen LogP contribution in [0.2, 0.25) is 0 Å². The molecule has 1 aliphatic rings. The largest absolute Gasteiger partial charge is 0.376 e. The SMILES string of the molecule is Nc1ncc(F)c(NCC2CCCO2)n1. The van der Waals surface area contributed by atoms with E-state index in [1.807, 2.05) is 0 Å². The van der Waals surface area contributed by atoms with E-state index in [9.17, 15) is 4.39 Å². The lowest BCUT2D eigenvalue weighted by Crippen LogP contribution is -2.20. The fourth-order valence-corrected chi connectivity index (χ4v) is 1.52. The highest BCUT2D eigenvalue weighted by molar-refractivity contribution is 5.39. The van der Waals surface area contributed by atoms with E-state index in [1.54, 1.807) is 0 Å². The zero-order valence-corrected chi connectivity index (χ0v) is 8.24. The highest BCUT2D eigenvalue weighted by atomic mass is 19.1. The Bertz CT molecular complexity index is 341. The van der Waals surface area contributed by atoms with Gasteiger partial charge in [-0.1, -0.05) is 0 Å². The molecule has 0 aliphatic carbocycles. The zero-order chi connectivity index (χ0) is 10.7. The predicted octanol–water partition coefficient (Wildman–Crippen LogP) is 0.789. The van der Waals surface area contributed by atoms with Crippen molar-refractivity contribution in [3.05, 3.63) is 12.0 Å². The third-order valence-electron chi connectivity index (χ3n) is 2.28. The summed E-state index contributed by atoms with van der Waals surface area (Å²) in [5.74, 6) is -0.300. The lowest BCUT2D eigenvalue weighted by molar-refractivity contribution is 0.120. The summed E-state index contributed by atoms with van der Waals surface area (Å²) in [6.07, 6.45) is 3.25. The Morgan fingerprint density at radius 1 is 1.67 bits per heavy atom. The molecule has 1 aromatic heterocycles. The molecule has 1 saturated heterocycles. The Balaban J connectivity index is 1.94. The molecule has 6 heteroatoms. The van der Waals surface area contributed by atoms with Crippen molar-refractivity contribution in [3.8, 4) is 0 Å². The number of nitrogen functional groups attached to an aromatic ring is 1. The average Bonchev–Trinajstić information content (AvgIpc) is 2.72. The smallest absolute Gasteiger partial charge is 0.222 e. The van der Waals surface area contributed by atoms with Crippen LogP contribution in [0.1, 0.15) is 12.8 Å². The first-order valence-corrected chi connectivity index (χ1v) is 4.89. The number of halogens is 1. The van der Waals surface area contributed by atoms with Crippen LogP contribution in [-0.4, -0.2) is 29.2 Å². The van der Waals surface area contributed by atoms with Crippen LogP contribution in [-0.2, 0) is 4.74 Å². The topological polar surface area (TPSA) is 73.1 Å². The van der Waals surface area contributed by atoms with Gasteiger partial charge in [0, 0.05) is 13.2 Å². The van der Waals surface area contributed by atoms with Gasteiger partial charge in [-0.2, -0.15) is 4.98 Å². The van der Waals surface area contributed by atoms with Crippen LogP contribution in [0.25, 0.3) is 0 Å². The second-order valence-corrected chi connectivity index (χ2v) is 3.44. The zero-order valence-electron chi connectivity index (χ0n) is 8.24. The average molecular weight is 212 g/mol. The van der Waals surface area contributed by atoms with Gasteiger partial charge in [0.15, 0.2) is 11.6 Å². The van der Waals surface area contributed by atoms with Crippen molar-refractivity contribution in [3.63, 3.8) is 0 Å². The van der Waals surface area contributed by atoms with E-state index in [0.29, 0.717) is 6.54 Å². The summed E-state index contributed by atoms with van der Waals surface area (Å²) in [6.45, 7) is 1.33. The van der Waals surface area contributed by atoms with Crippen molar-refractivity contribution in [2.75, 3.05) is 24.2 Å². The van der Waals surface area contributed by atoms with Gasteiger partial charge in [-0.3, -0.25) is 0 Å². The molecule has 0 spiro atoms. The van der Waals surface area contributed by atoms with Gasteiger partial charge in [0.1, 0.15) is 0 Å². The van der Waals surface area contributed by atoms with E-state index in [4.69, 9.17) is 10.5 Å². The number of anilines is 2. The summed E-state index contributed by atoms with van der Waals surface area (Å²) in [6, 6.07) is 0. The minimum Gasteiger partial charge on any atom is -0.376 e. The number of nitrogens with zero attached hydrogens (tertiary/aromatic N) is 2. The first-order valence-electron chi connectivity index (χ1n) is 4.89. The van der Waals surface area contributed by atoms with Crippen molar-refractivity contribution < 1.29 is 9.13 Å². The molecule has 1 fully saturated rings. The van der Waals surface area contributed by atoms with Gasteiger partial charge in [0.2, 0.25) is 5.95 Å². The van der Waals surface area contributed by atoms with Crippen molar-refractivity contribution in [1.82, 2.24) is 9.97 Å². The van der Waals surface area contributed by atoms with E-state index < -0.39 is 5.82 Å². The standard InChI is InChI=1S/C9H13FN4O/c10-7-5-13-9(11)14-8(7)12-4-6-2-1-3-15-6/h5-6H,1-4H2,(H3,11,12,13,14). The first-order chi connectivity index (χ1) is 7.25. The van der Waals surface area contributed by atoms with Crippen molar-refractivity contribution in [2.24, 2.45) is 0 Å². The normalized spacial score (nSPS) is 20.5. The fourth-order valence-electron chi connectivity index (χ4n) is 1.52. The van der Waals surface area contributed by atoms with Crippen LogP contribution < -0.4 is 11.1 Å². The molecule has 3 N–H and O–H groups in total. The van der Waals surface area contributed by atoms with Crippen LogP contribution >= 0.6 is 0 Å². The van der Waals surface area contributed by atoms with Crippen LogP contribution in [0, 0.1) is 5.82 Å². The minimum atomic E-state index is -0.498. The molecule has 2 heterocycles. The van der Waals surface area contributed by atoms with E-state index in [0.717, 1.165) is 25.6 Å². The van der Waals surface area contributed by atoms with Gasteiger partial charge in [0.05, 0.1) is 12.3 Å². The quantitative estimate of drug-likeness (QED) is 0.774. The summed E-state index contributed by atoms with van der Waals surface area (Å²) >= 11 is 0. The molecule has 0 bridgehead atoms. The highest BCUT2D eigenvalue weighted by Gasteiger charge is 2.16. The molecule has 0 amide bonds. The van der Waals surface area contributed by atoms with Crippen molar-refractivity contribution in [1.29, 1.82) is 0 Å². The van der Waals surface area contributed by atoms with Gasteiger partial charge in [-0.25, -0.2) is 9.37 Å². The minimum absolute atomic E-state index is 0.0613. The van der Waals surface area contributed by atoms with E-state index in [-0.39, 0.29) is 17.9 Å². The summed E-state index contributed by atoms with van der Waals surface area (Å²) in [4.78, 5) is 7.30. The second-order valence-electron chi connectivity index (χ2n) is 3.44. The molecule has 1 unspecified atom stereocenters. The predicted molar refractivity (Wildman–Crippen MR) is 53.9 cm³/mol. The lowest BCUT2D eigenvalue weighted by Gasteiger charge is -2.11. The number of rotatable bonds is 3. The Kier molecular flexibility index (Phi) is 2.96. The Morgan fingerprint density at radius 2 is 2.53 bits per heavy atom. The van der Waals surface area contributed by atoms with Gasteiger partial charge in [-0.15, -0.1) is 0 Å². The van der Waals surface area contributed by atoms with E-state index in [2.05, 4.69) is 15.3 Å². The number of nitrogens with one attached hydrogen (secondary N) is 1. The maximum Gasteiger partial charge on any atom is 0.222 e. The molecule has 0 saturated carbocycles. The summed E-state index contributed by atoms with van der Waals surface area (Å²) < 4.78 is 18.5. The summed E-state index contributed by atoms with van der Waals surface area (Å²) in [5.41, 5.74) is 5.35. The molecule has 1 atom stereocenters. The third kappa shape index (κ3) is 2.53. The van der Waals surface area contributed by atoms with Crippen LogP contribution in [0.3, 0.4) is 0 Å². The molecule has 0 radical (unpaired) electrons. The van der Waals surface area contributed by atoms with Crippen molar-refractivity contribution in [2.45, 2.75) is 18.9 Å². The molecule has 0 aromatic carbocycles. The molecule has 2 rings (SSSR count). The molecular formula is C9H13FN4O. The Labute approximate surface area is 86.9 Å². The monoisotopic (exact) mass is 212 g/mol. The molecule has 1 aromatic rings. The van der Waals surface area contributed by atoms with Gasteiger partial charge >= 0.3 is 0 Å². The summed E-state index contributed by atoms with van der Waals surface area (Å²) in [5, 5.41) is 2.86. The molecular weight excluding hydrogens is 199 g/mol. The van der Waals surface area contributed by atoms with E-state index >= 15 is 0 Å². The van der Waals surface area contributed by atoms with Gasteiger partial charge < -0.3 is 15.8 Å². The molecule has 15 heavy (non-hydrogen) atoms. The molecule has 82 valence electrons. The first kappa shape index (κ1) is 10.1. The van der Waals surface area contributed by atoms with Crippen LogP contribution in [0.4, 0.5) is 16.2 Å². The van der Waals surface area contributed by atoms with Gasteiger partial charge in [-0.05, 0) is 12.8 Å². The molecule has 5 nitrogen and oxygen atoms in total. The third-order valence-corrected chi connectivity index (χ3v) is 2.28. The number of nitrogens with two attached hydrogens (primary N) is 1. The molecule has 1 aliphatic heterocycles. The number of hydrogen-bond donors (Lipinski definition) is 2. The van der Waals surface area contributed by atoms with Gasteiger partial charge in [0.25, 0.3) is 0 Å². The maximum absolute atomic E-state index is 13.2. The Morgan fingerprint density at radius 3 is 3.27 bits per heavy atom. The number of ether oxygens (including phenoxy) is 1. The maximum atomic E-state index is 13.2. The fraction of sp³-hybridized carbons (Fsp3) is 0.556. The second kappa shape index (κ2) is 4.39. The lowest BCUT2D eigenvalue weighted by atomic mass is 10.2. The number of aromatic nitrogens is 2.